The summed E-state index contributed by atoms with van der Waals surface area (Å²) in [5, 5.41) is 0. The van der Waals surface area contributed by atoms with Gasteiger partial charge in [-0.3, -0.25) is 14.1 Å². The van der Waals surface area contributed by atoms with Gasteiger partial charge in [-0.15, -0.1) is 0 Å². The number of ether oxygens (including phenoxy) is 2. The Kier molecular flexibility index (Phi) is 40.8. The van der Waals surface area contributed by atoms with Crippen LogP contribution in [0.25, 0.3) is 0 Å². The molecule has 9 heteroatoms. The first-order valence-electron chi connectivity index (χ1n) is 22.2. The van der Waals surface area contributed by atoms with Crippen LogP contribution in [0.1, 0.15) is 168 Å². The number of esters is 2. The fraction of sp³-hybridized carbons (Fsp3) is 0.592. The predicted molar refractivity (Wildman–Crippen MR) is 243 cm³/mol. The van der Waals surface area contributed by atoms with E-state index < -0.39 is 32.5 Å². The van der Waals surface area contributed by atoms with Crippen molar-refractivity contribution in [3.05, 3.63) is 109 Å². The molecule has 1 atom stereocenters. The summed E-state index contributed by atoms with van der Waals surface area (Å²) < 4.78 is 26.3. The molecule has 0 radical (unpaired) electrons. The highest BCUT2D eigenvalue weighted by Crippen LogP contribution is 2.36. The molecule has 0 amide bonds. The number of carbonyl (C=O) groups excluding carboxylic acids is 2. The first-order chi connectivity index (χ1) is 28.3. The van der Waals surface area contributed by atoms with Crippen molar-refractivity contribution in [1.29, 1.82) is 0 Å². The molecule has 8 nitrogen and oxygen atoms in total. The van der Waals surface area contributed by atoms with Crippen LogP contribution in [-0.2, 0) is 28.2 Å². The number of hydrogen-bond acceptors (Lipinski definition) is 6. The number of phosphoric acid groups is 1. The molecule has 0 fully saturated rings. The van der Waals surface area contributed by atoms with Gasteiger partial charge >= 0.3 is 19.8 Å². The van der Waals surface area contributed by atoms with Crippen molar-refractivity contribution in [3.8, 4) is 0 Å². The highest BCUT2D eigenvalue weighted by molar-refractivity contribution is 7.46. The molecule has 0 unspecified atom stereocenters. The van der Waals surface area contributed by atoms with Crippen LogP contribution in [0.4, 0.5) is 0 Å². The first-order valence-corrected chi connectivity index (χ1v) is 23.7. The quantitative estimate of drug-likeness (QED) is 0.0272. The molecule has 58 heavy (non-hydrogen) atoms. The molecule has 0 bridgehead atoms. The topological polar surface area (TPSA) is 119 Å². The lowest BCUT2D eigenvalue weighted by molar-refractivity contribution is -0.161. The van der Waals surface area contributed by atoms with E-state index in [-0.39, 0.29) is 19.4 Å². The summed E-state index contributed by atoms with van der Waals surface area (Å²) in [4.78, 5) is 42.8. The lowest BCUT2D eigenvalue weighted by Crippen LogP contribution is -2.29. The molecular formula is C49H79O8P. The molecule has 0 aromatic rings. The zero-order chi connectivity index (χ0) is 42.5. The fourth-order valence-corrected chi connectivity index (χ4v) is 5.83. The monoisotopic (exact) mass is 827 g/mol. The van der Waals surface area contributed by atoms with Crippen LogP contribution < -0.4 is 0 Å². The summed E-state index contributed by atoms with van der Waals surface area (Å²) in [7, 11) is -4.80. The Bertz CT molecular complexity index is 1300. The van der Waals surface area contributed by atoms with E-state index in [0.29, 0.717) is 19.3 Å². The van der Waals surface area contributed by atoms with E-state index in [1.165, 1.54) is 77.0 Å². The Morgan fingerprint density at radius 2 is 0.810 bits per heavy atom. The van der Waals surface area contributed by atoms with Crippen LogP contribution in [-0.4, -0.2) is 41.0 Å². The Balaban J connectivity index is 4.14. The van der Waals surface area contributed by atoms with Crippen molar-refractivity contribution in [3.63, 3.8) is 0 Å². The van der Waals surface area contributed by atoms with Crippen molar-refractivity contribution < 1.29 is 37.9 Å². The predicted octanol–water partition coefficient (Wildman–Crippen LogP) is 14.0. The van der Waals surface area contributed by atoms with Crippen molar-refractivity contribution in [2.24, 2.45) is 0 Å². The minimum Gasteiger partial charge on any atom is -0.462 e. The molecule has 0 aliphatic rings. The molecule has 0 saturated carbocycles. The highest BCUT2D eigenvalue weighted by atomic mass is 31.2. The maximum Gasteiger partial charge on any atom is 0.469 e. The number of rotatable bonds is 39. The minimum absolute atomic E-state index is 0.0702. The Hall–Kier alpha value is -3.29. The summed E-state index contributed by atoms with van der Waals surface area (Å²) in [6.07, 6.45) is 61.2. The Labute approximate surface area is 353 Å². The molecule has 0 spiro atoms. The smallest absolute Gasteiger partial charge is 0.462 e. The number of hydrogen-bond donors (Lipinski definition) is 2. The number of unbranched alkanes of at least 4 members (excludes halogenated alkanes) is 11. The molecule has 0 saturated heterocycles. The van der Waals surface area contributed by atoms with Crippen LogP contribution in [0.3, 0.4) is 0 Å². The van der Waals surface area contributed by atoms with Crippen molar-refractivity contribution >= 4 is 19.8 Å². The van der Waals surface area contributed by atoms with Gasteiger partial charge in [-0.25, -0.2) is 4.57 Å². The average Bonchev–Trinajstić information content (AvgIpc) is 3.20. The zero-order valence-electron chi connectivity index (χ0n) is 36.1. The SMILES string of the molecule is CCCCC/C=C/C/C=C/C/C=C/C/C=C/C/C=C/CCC(=O)O[C@H](COC(=O)CCC/C=C/C/C=C/C/C=C/C/C=C/CCCCCCCCC)COP(=O)(O)O. The molecule has 0 aliphatic heterocycles. The Morgan fingerprint density at radius 3 is 1.26 bits per heavy atom. The second-order valence-corrected chi connectivity index (χ2v) is 15.5. The van der Waals surface area contributed by atoms with E-state index in [2.05, 4.69) is 110 Å². The van der Waals surface area contributed by atoms with Crippen LogP contribution in [0.2, 0.25) is 0 Å². The van der Waals surface area contributed by atoms with Gasteiger partial charge < -0.3 is 19.3 Å². The third-order valence-electron chi connectivity index (χ3n) is 8.78. The van der Waals surface area contributed by atoms with E-state index in [1.807, 2.05) is 18.2 Å². The second kappa shape index (κ2) is 43.3. The maximum absolute atomic E-state index is 12.4. The molecule has 0 rings (SSSR count). The summed E-state index contributed by atoms with van der Waals surface area (Å²) >= 11 is 0. The van der Waals surface area contributed by atoms with Crippen molar-refractivity contribution in [2.45, 2.75) is 174 Å². The van der Waals surface area contributed by atoms with Gasteiger partial charge in [0.1, 0.15) is 6.61 Å². The van der Waals surface area contributed by atoms with E-state index in [0.717, 1.165) is 44.9 Å². The largest absolute Gasteiger partial charge is 0.469 e. The maximum atomic E-state index is 12.4. The third kappa shape index (κ3) is 45.4. The summed E-state index contributed by atoms with van der Waals surface area (Å²) in [6, 6.07) is 0. The summed E-state index contributed by atoms with van der Waals surface area (Å²) in [5.74, 6) is -1.06. The lowest BCUT2D eigenvalue weighted by Gasteiger charge is -2.18. The van der Waals surface area contributed by atoms with Crippen LogP contribution in [0, 0.1) is 0 Å². The number of phosphoric ester groups is 1. The fourth-order valence-electron chi connectivity index (χ4n) is 5.46. The highest BCUT2D eigenvalue weighted by Gasteiger charge is 2.22. The molecular weight excluding hydrogens is 748 g/mol. The molecule has 328 valence electrons. The minimum atomic E-state index is -4.80. The number of carbonyl (C=O) groups is 2. The molecule has 0 aromatic carbocycles. The van der Waals surface area contributed by atoms with Crippen LogP contribution in [0.15, 0.2) is 109 Å². The average molecular weight is 827 g/mol. The van der Waals surface area contributed by atoms with Crippen molar-refractivity contribution in [2.75, 3.05) is 13.2 Å². The van der Waals surface area contributed by atoms with E-state index in [9.17, 15) is 14.2 Å². The van der Waals surface area contributed by atoms with E-state index in [4.69, 9.17) is 19.3 Å². The molecule has 0 heterocycles. The van der Waals surface area contributed by atoms with Crippen LogP contribution in [0.5, 0.6) is 0 Å². The Morgan fingerprint density at radius 1 is 0.448 bits per heavy atom. The van der Waals surface area contributed by atoms with Gasteiger partial charge in [-0.05, 0) is 89.9 Å². The summed E-state index contributed by atoms with van der Waals surface area (Å²) in [5.41, 5.74) is 0. The van der Waals surface area contributed by atoms with E-state index >= 15 is 0 Å². The second-order valence-electron chi connectivity index (χ2n) is 14.3. The van der Waals surface area contributed by atoms with Gasteiger partial charge in [0.2, 0.25) is 0 Å². The van der Waals surface area contributed by atoms with Crippen LogP contribution >= 0.6 is 7.82 Å². The number of allylic oxidation sites excluding steroid dienone is 18. The van der Waals surface area contributed by atoms with E-state index in [1.54, 1.807) is 0 Å². The zero-order valence-corrected chi connectivity index (χ0v) is 37.0. The van der Waals surface area contributed by atoms with Gasteiger partial charge in [-0.2, -0.15) is 0 Å². The molecule has 2 N–H and O–H groups in total. The van der Waals surface area contributed by atoms with Gasteiger partial charge in [0.05, 0.1) is 6.61 Å². The van der Waals surface area contributed by atoms with Gasteiger partial charge in [0, 0.05) is 12.8 Å². The van der Waals surface area contributed by atoms with Crippen molar-refractivity contribution in [1.82, 2.24) is 0 Å². The lowest BCUT2D eigenvalue weighted by atomic mass is 10.1. The molecule has 0 aromatic heterocycles. The first kappa shape index (κ1) is 54.7. The summed E-state index contributed by atoms with van der Waals surface area (Å²) in [6.45, 7) is 3.54. The van der Waals surface area contributed by atoms with Gasteiger partial charge in [0.25, 0.3) is 0 Å². The van der Waals surface area contributed by atoms with Gasteiger partial charge in [-0.1, -0.05) is 175 Å². The van der Waals surface area contributed by atoms with Gasteiger partial charge in [0.15, 0.2) is 6.10 Å². The third-order valence-corrected chi connectivity index (χ3v) is 9.26. The normalized spacial score (nSPS) is 13.5. The molecule has 0 aliphatic carbocycles. The standard InChI is InChI=1S/C49H79O8P/c1-3-5-7-9-11-13-15-17-19-21-23-24-26-27-29-31-33-35-37-39-41-43-48(50)55-45-47(46-56-58(52,53)54)57-49(51)44-42-40-38-36-34-32-30-28-25-22-20-18-16-14-12-10-8-6-4-2/h12,14,18-21,24-26,28-29,31-32,34-35,37-38,40,47H,3-11,13,15-17,22-23,27,30,33,36,39,41-46H2,1-2H3,(H2,52,53,54)/b14-12+,20-18+,21-19+,26-24+,28-25+,31-29+,34-32+,37-35+,40-38+/t47-/m1/s1.